The van der Waals surface area contributed by atoms with Gasteiger partial charge < -0.3 is 19.3 Å². The highest BCUT2D eigenvalue weighted by atomic mass is 32.1. The van der Waals surface area contributed by atoms with E-state index < -0.39 is 0 Å². The summed E-state index contributed by atoms with van der Waals surface area (Å²) in [7, 11) is 1.65. The second-order valence-electron chi connectivity index (χ2n) is 6.96. The smallest absolute Gasteiger partial charge is 0.325 e. The molecule has 1 unspecified atom stereocenters. The Morgan fingerprint density at radius 3 is 2.66 bits per heavy atom. The molecule has 1 aromatic heterocycles. The summed E-state index contributed by atoms with van der Waals surface area (Å²) >= 11 is 1.40. The van der Waals surface area contributed by atoms with Gasteiger partial charge in [-0.2, -0.15) is 0 Å². The molecule has 0 spiro atoms. The Bertz CT molecular complexity index is 865. The van der Waals surface area contributed by atoms with Gasteiger partial charge in [0.25, 0.3) is 5.91 Å². The summed E-state index contributed by atoms with van der Waals surface area (Å²) in [6.45, 7) is 8.09. The topological polar surface area (TPSA) is 72.0 Å². The molecule has 1 aromatic carbocycles. The van der Waals surface area contributed by atoms with Gasteiger partial charge in [-0.05, 0) is 31.5 Å². The standard InChI is InChI=1S/C21H27N3O4S/c1-5-23(12-15-7-9-16(27-4)10-8-15)21-22-18-14(3)11-24(13-17(25)28-6-2)20(26)19(18)29-21/h7-10,14H,5-6,11-13H2,1-4H3. The summed E-state index contributed by atoms with van der Waals surface area (Å²) in [4.78, 5) is 33.9. The number of carbonyl (C=O) groups excluding carboxylic acids is 2. The van der Waals surface area contributed by atoms with E-state index in [1.165, 1.54) is 11.3 Å². The maximum Gasteiger partial charge on any atom is 0.325 e. The Hall–Kier alpha value is -2.61. The fraction of sp³-hybridized carbons (Fsp3) is 0.476. The number of hydrogen-bond donors (Lipinski definition) is 0. The van der Waals surface area contributed by atoms with Crippen LogP contribution in [-0.4, -0.2) is 55.1 Å². The van der Waals surface area contributed by atoms with Crippen molar-refractivity contribution >= 4 is 28.3 Å². The van der Waals surface area contributed by atoms with Crippen LogP contribution in [0.15, 0.2) is 24.3 Å². The van der Waals surface area contributed by atoms with Gasteiger partial charge in [0.15, 0.2) is 5.13 Å². The lowest BCUT2D eigenvalue weighted by Gasteiger charge is -2.28. The van der Waals surface area contributed by atoms with Crippen LogP contribution >= 0.6 is 11.3 Å². The number of aromatic nitrogens is 1. The van der Waals surface area contributed by atoms with E-state index in [1.807, 2.05) is 31.2 Å². The summed E-state index contributed by atoms with van der Waals surface area (Å²) in [6.07, 6.45) is 0. The summed E-state index contributed by atoms with van der Waals surface area (Å²) in [5.41, 5.74) is 1.97. The van der Waals surface area contributed by atoms with Gasteiger partial charge in [-0.1, -0.05) is 30.4 Å². The molecule has 0 aliphatic carbocycles. The zero-order valence-electron chi connectivity index (χ0n) is 17.3. The highest BCUT2D eigenvalue weighted by Crippen LogP contribution is 2.36. The zero-order valence-corrected chi connectivity index (χ0v) is 18.1. The van der Waals surface area contributed by atoms with Crippen molar-refractivity contribution in [3.05, 3.63) is 40.4 Å². The molecule has 2 heterocycles. The van der Waals surface area contributed by atoms with Gasteiger partial charge in [0.05, 0.1) is 19.4 Å². The number of anilines is 1. The summed E-state index contributed by atoms with van der Waals surface area (Å²) in [6, 6.07) is 7.94. The molecular formula is C21H27N3O4S. The number of esters is 1. The number of benzene rings is 1. The van der Waals surface area contributed by atoms with Gasteiger partial charge in [-0.25, -0.2) is 4.98 Å². The lowest BCUT2D eigenvalue weighted by Crippen LogP contribution is -2.42. The van der Waals surface area contributed by atoms with E-state index in [0.29, 0.717) is 24.6 Å². The first-order chi connectivity index (χ1) is 14.0. The second-order valence-corrected chi connectivity index (χ2v) is 7.94. The van der Waals surface area contributed by atoms with Crippen LogP contribution in [-0.2, 0) is 16.1 Å². The maximum absolute atomic E-state index is 12.9. The van der Waals surface area contributed by atoms with E-state index in [4.69, 9.17) is 14.5 Å². The predicted molar refractivity (Wildman–Crippen MR) is 113 cm³/mol. The Labute approximate surface area is 175 Å². The number of fused-ring (bicyclic) bond motifs is 1. The third-order valence-corrected chi connectivity index (χ3v) is 6.01. The van der Waals surface area contributed by atoms with Crippen LogP contribution in [0.3, 0.4) is 0 Å². The van der Waals surface area contributed by atoms with Gasteiger partial charge in [0.2, 0.25) is 0 Å². The third-order valence-electron chi connectivity index (χ3n) is 4.89. The van der Waals surface area contributed by atoms with Crippen LogP contribution in [0.2, 0.25) is 0 Å². The zero-order chi connectivity index (χ0) is 21.0. The van der Waals surface area contributed by atoms with Crippen molar-refractivity contribution in [3.8, 4) is 5.75 Å². The minimum atomic E-state index is -0.379. The van der Waals surface area contributed by atoms with Crippen molar-refractivity contribution in [1.82, 2.24) is 9.88 Å². The van der Waals surface area contributed by atoms with Gasteiger partial charge in [-0.15, -0.1) is 0 Å². The average molecular weight is 418 g/mol. The molecular weight excluding hydrogens is 390 g/mol. The van der Waals surface area contributed by atoms with Crippen LogP contribution in [0.1, 0.15) is 47.6 Å². The molecule has 0 N–H and O–H groups in total. The number of hydrogen-bond acceptors (Lipinski definition) is 7. The number of ether oxygens (including phenoxy) is 2. The molecule has 8 heteroatoms. The number of thiazole rings is 1. The van der Waals surface area contributed by atoms with E-state index in [-0.39, 0.29) is 24.3 Å². The fourth-order valence-electron chi connectivity index (χ4n) is 3.35. The third kappa shape index (κ3) is 4.70. The molecule has 2 aromatic rings. The Morgan fingerprint density at radius 1 is 1.31 bits per heavy atom. The fourth-order valence-corrected chi connectivity index (χ4v) is 4.57. The highest BCUT2D eigenvalue weighted by Gasteiger charge is 2.34. The second kappa shape index (κ2) is 9.26. The largest absolute Gasteiger partial charge is 0.497 e. The lowest BCUT2D eigenvalue weighted by molar-refractivity contribution is -0.143. The summed E-state index contributed by atoms with van der Waals surface area (Å²) in [5, 5.41) is 0.825. The van der Waals surface area contributed by atoms with Crippen LogP contribution in [0, 0.1) is 0 Å². The highest BCUT2D eigenvalue weighted by molar-refractivity contribution is 7.17. The molecule has 1 aliphatic rings. The molecule has 1 amide bonds. The number of nitrogens with zero attached hydrogens (tertiary/aromatic N) is 3. The van der Waals surface area contributed by atoms with Gasteiger partial charge in [0.1, 0.15) is 17.2 Å². The summed E-state index contributed by atoms with van der Waals surface area (Å²) < 4.78 is 10.2. The molecule has 156 valence electrons. The molecule has 0 radical (unpaired) electrons. The average Bonchev–Trinajstić information content (AvgIpc) is 3.17. The predicted octanol–water partition coefficient (Wildman–Crippen LogP) is 3.30. The Balaban J connectivity index is 1.79. The van der Waals surface area contributed by atoms with Gasteiger partial charge in [-0.3, -0.25) is 9.59 Å². The molecule has 1 aliphatic heterocycles. The molecule has 0 saturated carbocycles. The van der Waals surface area contributed by atoms with E-state index >= 15 is 0 Å². The van der Waals surface area contributed by atoms with Crippen LogP contribution in [0.5, 0.6) is 5.75 Å². The normalized spacial score (nSPS) is 15.8. The SMILES string of the molecule is CCOC(=O)CN1CC(C)c2nc(N(CC)Cc3ccc(OC)cc3)sc2C1=O. The molecule has 0 saturated heterocycles. The van der Waals surface area contributed by atoms with E-state index in [9.17, 15) is 9.59 Å². The molecule has 29 heavy (non-hydrogen) atoms. The van der Waals surface area contributed by atoms with Crippen molar-refractivity contribution in [2.45, 2.75) is 33.2 Å². The molecule has 0 bridgehead atoms. The molecule has 0 fully saturated rings. The number of rotatable bonds is 8. The first-order valence-electron chi connectivity index (χ1n) is 9.80. The van der Waals surface area contributed by atoms with Crippen molar-refractivity contribution in [2.24, 2.45) is 0 Å². The van der Waals surface area contributed by atoms with Gasteiger partial charge in [0, 0.05) is 25.6 Å². The van der Waals surface area contributed by atoms with Crippen molar-refractivity contribution < 1.29 is 19.1 Å². The minimum Gasteiger partial charge on any atom is -0.497 e. The summed E-state index contributed by atoms with van der Waals surface area (Å²) in [5.74, 6) is 0.371. The minimum absolute atomic E-state index is 0.0208. The van der Waals surface area contributed by atoms with E-state index in [0.717, 1.165) is 28.7 Å². The molecule has 7 nitrogen and oxygen atoms in total. The van der Waals surface area contributed by atoms with Crippen LogP contribution in [0.4, 0.5) is 5.13 Å². The lowest BCUT2D eigenvalue weighted by atomic mass is 10.0. The van der Waals surface area contributed by atoms with E-state index in [1.54, 1.807) is 18.9 Å². The number of amides is 1. The number of carbonyl (C=O) groups is 2. The van der Waals surface area contributed by atoms with E-state index in [2.05, 4.69) is 11.8 Å². The maximum atomic E-state index is 12.9. The van der Waals surface area contributed by atoms with Crippen molar-refractivity contribution in [2.75, 3.05) is 38.3 Å². The first kappa shape index (κ1) is 21.1. The molecule has 1 atom stereocenters. The molecule has 3 rings (SSSR count). The Kier molecular flexibility index (Phi) is 6.74. The van der Waals surface area contributed by atoms with Crippen LogP contribution < -0.4 is 9.64 Å². The van der Waals surface area contributed by atoms with Crippen molar-refractivity contribution in [3.63, 3.8) is 0 Å². The first-order valence-corrected chi connectivity index (χ1v) is 10.6. The van der Waals surface area contributed by atoms with Crippen molar-refractivity contribution in [1.29, 1.82) is 0 Å². The number of methoxy groups -OCH3 is 1. The monoisotopic (exact) mass is 417 g/mol. The van der Waals surface area contributed by atoms with Gasteiger partial charge >= 0.3 is 5.97 Å². The quantitative estimate of drug-likeness (QED) is 0.614. The Morgan fingerprint density at radius 2 is 2.03 bits per heavy atom. The van der Waals surface area contributed by atoms with Crippen LogP contribution in [0.25, 0.3) is 0 Å².